The van der Waals surface area contributed by atoms with E-state index in [2.05, 4.69) is 21.7 Å². The Bertz CT molecular complexity index is 486. The maximum atomic E-state index is 12.9. The molecule has 1 aromatic carbocycles. The molecule has 1 heterocycles. The molecule has 0 bridgehead atoms. The Morgan fingerprint density at radius 2 is 2.14 bits per heavy atom. The summed E-state index contributed by atoms with van der Waals surface area (Å²) < 4.78 is 12.9. The molecular weight excluding hydrogens is 279 g/mol. The van der Waals surface area contributed by atoms with Gasteiger partial charge in [0.05, 0.1) is 6.54 Å². The van der Waals surface area contributed by atoms with Gasteiger partial charge >= 0.3 is 0 Å². The monoisotopic (exact) mass is 306 g/mol. The van der Waals surface area contributed by atoms with E-state index in [-0.39, 0.29) is 5.82 Å². The Morgan fingerprint density at radius 3 is 2.82 bits per heavy atom. The summed E-state index contributed by atoms with van der Waals surface area (Å²) in [5.41, 5.74) is 7.18. The predicted octanol–water partition coefficient (Wildman–Crippen LogP) is 2.30. The van der Waals surface area contributed by atoms with Crippen molar-refractivity contribution in [1.29, 1.82) is 0 Å². The molecule has 122 valence electrons. The molecule has 22 heavy (non-hydrogen) atoms. The highest BCUT2D eigenvalue weighted by atomic mass is 19.1. The maximum absolute atomic E-state index is 12.9. The standard InChI is InChI=1S/C17H27FN4/c1-14-4-3-10-22(12-14)17(19)20-9-11-21(2)13-15-5-7-16(18)8-6-15/h5-8,14H,3-4,9-13H2,1-2H3,(H2,19,20). The highest BCUT2D eigenvalue weighted by Gasteiger charge is 2.17. The number of hydrogen-bond acceptors (Lipinski definition) is 2. The van der Waals surface area contributed by atoms with Gasteiger partial charge in [-0.2, -0.15) is 0 Å². The zero-order valence-electron chi connectivity index (χ0n) is 13.6. The molecule has 4 nitrogen and oxygen atoms in total. The molecule has 1 aliphatic heterocycles. The number of likely N-dealkylation sites (tertiary alicyclic amines) is 1. The largest absolute Gasteiger partial charge is 0.370 e. The van der Waals surface area contributed by atoms with Crippen molar-refractivity contribution in [2.24, 2.45) is 16.6 Å². The van der Waals surface area contributed by atoms with Crippen LogP contribution >= 0.6 is 0 Å². The third-order valence-corrected chi connectivity index (χ3v) is 4.10. The first-order chi connectivity index (χ1) is 10.5. The number of piperidine rings is 1. The van der Waals surface area contributed by atoms with E-state index < -0.39 is 0 Å². The van der Waals surface area contributed by atoms with Crippen LogP contribution in [0.1, 0.15) is 25.3 Å². The van der Waals surface area contributed by atoms with Gasteiger partial charge in [0, 0.05) is 26.2 Å². The lowest BCUT2D eigenvalue weighted by Crippen LogP contribution is -2.43. The number of benzene rings is 1. The maximum Gasteiger partial charge on any atom is 0.191 e. The van der Waals surface area contributed by atoms with Crippen LogP contribution in [0.4, 0.5) is 4.39 Å². The third kappa shape index (κ3) is 5.30. The van der Waals surface area contributed by atoms with Crippen molar-refractivity contribution < 1.29 is 4.39 Å². The number of guanidine groups is 1. The predicted molar refractivity (Wildman–Crippen MR) is 89.2 cm³/mol. The lowest BCUT2D eigenvalue weighted by atomic mass is 10.0. The van der Waals surface area contributed by atoms with E-state index in [0.29, 0.717) is 18.4 Å². The van der Waals surface area contributed by atoms with Gasteiger partial charge in [-0.3, -0.25) is 4.99 Å². The number of hydrogen-bond donors (Lipinski definition) is 1. The average Bonchev–Trinajstić information content (AvgIpc) is 2.49. The molecule has 0 spiro atoms. The first-order valence-corrected chi connectivity index (χ1v) is 8.02. The van der Waals surface area contributed by atoms with Crippen LogP contribution < -0.4 is 5.73 Å². The molecule has 1 fully saturated rings. The van der Waals surface area contributed by atoms with Crippen molar-refractivity contribution in [3.05, 3.63) is 35.6 Å². The van der Waals surface area contributed by atoms with E-state index >= 15 is 0 Å². The minimum Gasteiger partial charge on any atom is -0.370 e. The highest BCUT2D eigenvalue weighted by molar-refractivity contribution is 5.78. The Balaban J connectivity index is 1.74. The van der Waals surface area contributed by atoms with Gasteiger partial charge in [0.15, 0.2) is 5.96 Å². The van der Waals surface area contributed by atoms with Crippen LogP contribution in [0.15, 0.2) is 29.3 Å². The summed E-state index contributed by atoms with van der Waals surface area (Å²) in [6, 6.07) is 6.63. The van der Waals surface area contributed by atoms with Gasteiger partial charge < -0.3 is 15.5 Å². The van der Waals surface area contributed by atoms with Gasteiger partial charge in [0.2, 0.25) is 0 Å². The molecule has 1 atom stereocenters. The Morgan fingerprint density at radius 1 is 1.41 bits per heavy atom. The minimum absolute atomic E-state index is 0.195. The summed E-state index contributed by atoms with van der Waals surface area (Å²) in [6.07, 6.45) is 2.48. The number of nitrogens with two attached hydrogens (primary N) is 1. The van der Waals surface area contributed by atoms with Crippen molar-refractivity contribution in [3.8, 4) is 0 Å². The van der Waals surface area contributed by atoms with E-state index in [1.54, 1.807) is 0 Å². The number of likely N-dealkylation sites (N-methyl/N-ethyl adjacent to an activating group) is 1. The fraction of sp³-hybridized carbons (Fsp3) is 0.588. The van der Waals surface area contributed by atoms with E-state index in [1.807, 2.05) is 19.2 Å². The molecule has 1 unspecified atom stereocenters. The molecule has 5 heteroatoms. The van der Waals surface area contributed by atoms with Crippen molar-refractivity contribution in [1.82, 2.24) is 9.80 Å². The summed E-state index contributed by atoms with van der Waals surface area (Å²) in [5, 5.41) is 0. The Labute approximate surface area is 132 Å². The van der Waals surface area contributed by atoms with Crippen LogP contribution in [-0.2, 0) is 6.54 Å². The van der Waals surface area contributed by atoms with Crippen LogP contribution in [-0.4, -0.2) is 49.0 Å². The van der Waals surface area contributed by atoms with Gasteiger partial charge in [-0.05, 0) is 43.5 Å². The molecular formula is C17H27FN4. The SMILES string of the molecule is CC1CCCN(C(N)=NCCN(C)Cc2ccc(F)cc2)C1. The van der Waals surface area contributed by atoms with E-state index in [1.165, 1.54) is 25.0 Å². The van der Waals surface area contributed by atoms with E-state index in [9.17, 15) is 4.39 Å². The minimum atomic E-state index is -0.195. The number of aliphatic imine (C=N–C) groups is 1. The normalized spacial score (nSPS) is 19.7. The summed E-state index contributed by atoms with van der Waals surface area (Å²) in [7, 11) is 2.04. The second-order valence-corrected chi connectivity index (χ2v) is 6.30. The fourth-order valence-electron chi connectivity index (χ4n) is 2.81. The van der Waals surface area contributed by atoms with Crippen LogP contribution in [0.25, 0.3) is 0 Å². The van der Waals surface area contributed by atoms with Crippen LogP contribution in [0.3, 0.4) is 0 Å². The van der Waals surface area contributed by atoms with Crippen molar-refractivity contribution in [3.63, 3.8) is 0 Å². The number of nitrogens with zero attached hydrogens (tertiary/aromatic N) is 3. The lowest BCUT2D eigenvalue weighted by molar-refractivity contribution is 0.269. The van der Waals surface area contributed by atoms with Crippen LogP contribution in [0.2, 0.25) is 0 Å². The summed E-state index contributed by atoms with van der Waals surface area (Å²) in [4.78, 5) is 8.85. The summed E-state index contributed by atoms with van der Waals surface area (Å²) in [5.74, 6) is 1.17. The van der Waals surface area contributed by atoms with Crippen LogP contribution in [0, 0.1) is 11.7 Å². The quantitative estimate of drug-likeness (QED) is 0.670. The molecule has 2 N–H and O–H groups in total. The molecule has 0 amide bonds. The average molecular weight is 306 g/mol. The fourth-order valence-corrected chi connectivity index (χ4v) is 2.81. The number of rotatable bonds is 5. The Hall–Kier alpha value is -1.62. The first kappa shape index (κ1) is 16.7. The smallest absolute Gasteiger partial charge is 0.191 e. The molecule has 1 aromatic rings. The van der Waals surface area contributed by atoms with E-state index in [4.69, 9.17) is 5.73 Å². The molecule has 1 saturated heterocycles. The van der Waals surface area contributed by atoms with Crippen molar-refractivity contribution >= 4 is 5.96 Å². The first-order valence-electron chi connectivity index (χ1n) is 8.02. The molecule has 0 aliphatic carbocycles. The highest BCUT2D eigenvalue weighted by Crippen LogP contribution is 2.14. The molecule has 2 rings (SSSR count). The van der Waals surface area contributed by atoms with Crippen molar-refractivity contribution in [2.45, 2.75) is 26.3 Å². The van der Waals surface area contributed by atoms with Gasteiger partial charge in [-0.15, -0.1) is 0 Å². The molecule has 0 saturated carbocycles. The number of halogens is 1. The second-order valence-electron chi connectivity index (χ2n) is 6.30. The summed E-state index contributed by atoms with van der Waals surface area (Å²) in [6.45, 7) is 6.61. The zero-order chi connectivity index (χ0) is 15.9. The molecule has 1 aliphatic rings. The zero-order valence-corrected chi connectivity index (χ0v) is 13.6. The van der Waals surface area contributed by atoms with E-state index in [0.717, 1.165) is 31.7 Å². The lowest BCUT2D eigenvalue weighted by Gasteiger charge is -2.31. The van der Waals surface area contributed by atoms with Gasteiger partial charge in [-0.25, -0.2) is 4.39 Å². The van der Waals surface area contributed by atoms with Gasteiger partial charge in [0.1, 0.15) is 5.82 Å². The second kappa shape index (κ2) is 8.13. The van der Waals surface area contributed by atoms with Gasteiger partial charge in [0.25, 0.3) is 0 Å². The Kier molecular flexibility index (Phi) is 6.19. The van der Waals surface area contributed by atoms with Crippen molar-refractivity contribution in [2.75, 3.05) is 33.2 Å². The van der Waals surface area contributed by atoms with Gasteiger partial charge in [-0.1, -0.05) is 19.1 Å². The van der Waals surface area contributed by atoms with Crippen LogP contribution in [0.5, 0.6) is 0 Å². The molecule has 0 aromatic heterocycles. The molecule has 0 radical (unpaired) electrons. The third-order valence-electron chi connectivity index (χ3n) is 4.10. The topological polar surface area (TPSA) is 44.9 Å². The summed E-state index contributed by atoms with van der Waals surface area (Å²) >= 11 is 0.